The van der Waals surface area contributed by atoms with Gasteiger partial charge in [-0.15, -0.1) is 6.58 Å². The van der Waals surface area contributed by atoms with Crippen LogP contribution < -0.4 is 0 Å². The van der Waals surface area contributed by atoms with Crippen LogP contribution in [0.5, 0.6) is 0 Å². The molecule has 0 aliphatic carbocycles. The summed E-state index contributed by atoms with van der Waals surface area (Å²) in [6.07, 6.45) is 2.63. The Kier molecular flexibility index (Phi) is 2.98. The molecule has 0 amide bonds. The Hall–Kier alpha value is -1.61. The fourth-order valence-electron chi connectivity index (χ4n) is 2.68. The summed E-state index contributed by atoms with van der Waals surface area (Å²) in [5.74, 6) is 0.730. The third-order valence-corrected chi connectivity index (χ3v) is 3.85. The number of hydrogen-bond acceptors (Lipinski definition) is 3. The molecular formula is C17H21NO2. The van der Waals surface area contributed by atoms with Crippen LogP contribution in [0.1, 0.15) is 37.5 Å². The van der Waals surface area contributed by atoms with E-state index in [1.807, 2.05) is 6.08 Å². The lowest BCUT2D eigenvalue weighted by molar-refractivity contribution is 0.246. The zero-order chi connectivity index (χ0) is 14.4. The number of epoxide rings is 1. The maximum Gasteiger partial charge on any atom is 0.220 e. The van der Waals surface area contributed by atoms with Crippen LogP contribution in [0.4, 0.5) is 0 Å². The van der Waals surface area contributed by atoms with E-state index >= 15 is 0 Å². The van der Waals surface area contributed by atoms with Crippen LogP contribution in [0.15, 0.2) is 41.9 Å². The Morgan fingerprint density at radius 2 is 2.05 bits per heavy atom. The maximum atomic E-state index is 6.02. The summed E-state index contributed by atoms with van der Waals surface area (Å²) in [7, 11) is 0. The van der Waals surface area contributed by atoms with Crippen LogP contribution in [0, 0.1) is 6.92 Å². The Balaban J connectivity index is 1.89. The molecule has 3 heteroatoms. The third kappa shape index (κ3) is 2.16. The molecular weight excluding hydrogens is 250 g/mol. The summed E-state index contributed by atoms with van der Waals surface area (Å²) in [5.41, 5.74) is 1.82. The van der Waals surface area contributed by atoms with E-state index in [4.69, 9.17) is 9.47 Å². The second kappa shape index (κ2) is 4.45. The number of nitrogens with zero attached hydrogens (tertiary/aromatic N) is 1. The molecule has 3 rings (SSSR count). The minimum Gasteiger partial charge on any atom is -0.476 e. The maximum absolute atomic E-state index is 6.02. The largest absolute Gasteiger partial charge is 0.476 e. The molecule has 0 radical (unpaired) electrons. The van der Waals surface area contributed by atoms with E-state index < -0.39 is 5.60 Å². The van der Waals surface area contributed by atoms with Crippen molar-refractivity contribution in [3.05, 3.63) is 48.0 Å². The van der Waals surface area contributed by atoms with Crippen molar-refractivity contribution in [3.63, 3.8) is 0 Å². The van der Waals surface area contributed by atoms with Crippen LogP contribution >= 0.6 is 0 Å². The van der Waals surface area contributed by atoms with Gasteiger partial charge in [0.05, 0.1) is 5.54 Å². The zero-order valence-corrected chi connectivity index (χ0v) is 12.3. The molecule has 1 aromatic carbocycles. The highest BCUT2D eigenvalue weighted by Gasteiger charge is 2.63. The Labute approximate surface area is 120 Å². The van der Waals surface area contributed by atoms with Gasteiger partial charge in [0.1, 0.15) is 12.7 Å². The van der Waals surface area contributed by atoms with Gasteiger partial charge in [-0.1, -0.05) is 35.9 Å². The van der Waals surface area contributed by atoms with Crippen molar-refractivity contribution in [1.82, 2.24) is 0 Å². The summed E-state index contributed by atoms with van der Waals surface area (Å²) in [6, 6.07) is 8.45. The average molecular weight is 271 g/mol. The van der Waals surface area contributed by atoms with Crippen molar-refractivity contribution < 1.29 is 9.47 Å². The molecule has 2 aliphatic heterocycles. The predicted molar refractivity (Wildman–Crippen MR) is 80.0 cm³/mol. The third-order valence-electron chi connectivity index (χ3n) is 3.85. The lowest BCUT2D eigenvalue weighted by Gasteiger charge is -2.10. The first-order valence-electron chi connectivity index (χ1n) is 7.05. The van der Waals surface area contributed by atoms with E-state index in [-0.39, 0.29) is 11.6 Å². The van der Waals surface area contributed by atoms with Gasteiger partial charge in [-0.25, -0.2) is 4.99 Å². The van der Waals surface area contributed by atoms with Crippen LogP contribution in [0.2, 0.25) is 0 Å². The summed E-state index contributed by atoms with van der Waals surface area (Å²) in [4.78, 5) is 4.69. The monoisotopic (exact) mass is 271 g/mol. The molecule has 1 aromatic rings. The highest BCUT2D eigenvalue weighted by molar-refractivity contribution is 5.90. The fraction of sp³-hybridized carbons (Fsp3) is 0.471. The number of aliphatic imine (C=N–C) groups is 1. The lowest BCUT2D eigenvalue weighted by atomic mass is 9.95. The van der Waals surface area contributed by atoms with Gasteiger partial charge in [0.15, 0.2) is 5.60 Å². The minimum atomic E-state index is -0.440. The minimum absolute atomic E-state index is 0.0220. The standard InChI is InChI=1S/C17H21NO2/c1-5-10-17(15-18-16(3,4)11-19-15)14(20-17)13-8-6-12(2)7-9-13/h5-9,14H,1,10-11H2,2-4H3/t14-,17+/m0/s1. The molecule has 2 atom stereocenters. The fourth-order valence-corrected chi connectivity index (χ4v) is 2.68. The summed E-state index contributed by atoms with van der Waals surface area (Å²) >= 11 is 0. The first kappa shape index (κ1) is 13.4. The molecule has 3 nitrogen and oxygen atoms in total. The molecule has 1 saturated heterocycles. The number of hydrogen-bond donors (Lipinski definition) is 0. The molecule has 0 N–H and O–H groups in total. The van der Waals surface area contributed by atoms with Gasteiger partial charge >= 0.3 is 0 Å². The van der Waals surface area contributed by atoms with Gasteiger partial charge in [-0.05, 0) is 26.3 Å². The van der Waals surface area contributed by atoms with E-state index in [9.17, 15) is 0 Å². The van der Waals surface area contributed by atoms with Gasteiger partial charge in [-0.2, -0.15) is 0 Å². The molecule has 1 fully saturated rings. The number of ether oxygens (including phenoxy) is 2. The van der Waals surface area contributed by atoms with E-state index in [0.29, 0.717) is 6.61 Å². The van der Waals surface area contributed by atoms with Crippen molar-refractivity contribution >= 4 is 5.90 Å². The normalized spacial score (nSPS) is 30.6. The molecule has 106 valence electrons. The number of aryl methyl sites for hydroxylation is 1. The molecule has 2 heterocycles. The number of benzene rings is 1. The van der Waals surface area contributed by atoms with Gasteiger partial charge in [-0.3, -0.25) is 0 Å². The topological polar surface area (TPSA) is 34.1 Å². The highest BCUT2D eigenvalue weighted by Crippen LogP contribution is 2.54. The van der Waals surface area contributed by atoms with E-state index in [0.717, 1.165) is 12.3 Å². The quantitative estimate of drug-likeness (QED) is 0.619. The smallest absolute Gasteiger partial charge is 0.220 e. The molecule has 0 saturated carbocycles. The molecule has 2 aliphatic rings. The van der Waals surface area contributed by atoms with Crippen molar-refractivity contribution in [2.45, 2.75) is 44.4 Å². The van der Waals surface area contributed by atoms with Crippen molar-refractivity contribution in [1.29, 1.82) is 0 Å². The van der Waals surface area contributed by atoms with E-state index in [2.05, 4.69) is 56.6 Å². The highest BCUT2D eigenvalue weighted by atomic mass is 16.6. The van der Waals surface area contributed by atoms with Gasteiger partial charge < -0.3 is 9.47 Å². The van der Waals surface area contributed by atoms with Gasteiger partial charge in [0.2, 0.25) is 5.90 Å². The Bertz CT molecular complexity index is 559. The van der Waals surface area contributed by atoms with Gasteiger partial charge in [0.25, 0.3) is 0 Å². The van der Waals surface area contributed by atoms with E-state index in [1.54, 1.807) is 0 Å². The Morgan fingerprint density at radius 1 is 1.35 bits per heavy atom. The Morgan fingerprint density at radius 3 is 2.60 bits per heavy atom. The van der Waals surface area contributed by atoms with Crippen molar-refractivity contribution in [2.75, 3.05) is 6.61 Å². The molecule has 0 bridgehead atoms. The molecule has 0 spiro atoms. The first-order chi connectivity index (χ1) is 9.47. The summed E-state index contributed by atoms with van der Waals surface area (Å²) in [5, 5.41) is 0. The second-order valence-electron chi connectivity index (χ2n) is 6.31. The molecule has 0 aromatic heterocycles. The number of rotatable bonds is 4. The van der Waals surface area contributed by atoms with Crippen LogP contribution in [-0.2, 0) is 9.47 Å². The summed E-state index contributed by atoms with van der Waals surface area (Å²) in [6.45, 7) is 10.7. The molecule has 0 unspecified atom stereocenters. The first-order valence-corrected chi connectivity index (χ1v) is 7.05. The van der Waals surface area contributed by atoms with Crippen LogP contribution in [-0.4, -0.2) is 23.6 Å². The summed E-state index contributed by atoms with van der Waals surface area (Å²) < 4.78 is 11.8. The van der Waals surface area contributed by atoms with E-state index in [1.165, 1.54) is 11.1 Å². The van der Waals surface area contributed by atoms with Crippen molar-refractivity contribution in [2.24, 2.45) is 4.99 Å². The molecule has 20 heavy (non-hydrogen) atoms. The van der Waals surface area contributed by atoms with Crippen LogP contribution in [0.3, 0.4) is 0 Å². The van der Waals surface area contributed by atoms with Crippen LogP contribution in [0.25, 0.3) is 0 Å². The van der Waals surface area contributed by atoms with Crippen molar-refractivity contribution in [3.8, 4) is 0 Å². The average Bonchev–Trinajstić information content (AvgIpc) is 3.00. The van der Waals surface area contributed by atoms with Gasteiger partial charge in [0, 0.05) is 6.42 Å². The predicted octanol–water partition coefficient (Wildman–Crippen LogP) is 3.59. The zero-order valence-electron chi connectivity index (χ0n) is 12.3. The second-order valence-corrected chi connectivity index (χ2v) is 6.31. The lowest BCUT2D eigenvalue weighted by Crippen LogP contribution is -2.25. The SMILES string of the molecule is C=CC[C@@]1(C2=NC(C)(C)CO2)O[C@H]1c1ccc(C)cc1.